The molecule has 4 rings (SSSR count). The summed E-state index contributed by atoms with van der Waals surface area (Å²) in [4.78, 5) is 4.33. The highest BCUT2D eigenvalue weighted by atomic mass is 19.3. The lowest BCUT2D eigenvalue weighted by Gasteiger charge is -2.34. The van der Waals surface area contributed by atoms with Gasteiger partial charge in [0.05, 0.1) is 13.0 Å². The molecule has 0 N–H and O–H groups in total. The van der Waals surface area contributed by atoms with Crippen molar-refractivity contribution in [2.75, 3.05) is 6.61 Å². The minimum absolute atomic E-state index is 0.0312. The highest BCUT2D eigenvalue weighted by molar-refractivity contribution is 5.39. The Balaban J connectivity index is 1.40. The summed E-state index contributed by atoms with van der Waals surface area (Å²) in [5.74, 6) is -0.513. The summed E-state index contributed by atoms with van der Waals surface area (Å²) < 4.78 is 36.5. The molecular weight excluding hydrogens is 302 g/mol. The second kappa shape index (κ2) is 5.58. The quantitative estimate of drug-likeness (QED) is 0.864. The van der Waals surface area contributed by atoms with Crippen LogP contribution in [0, 0.1) is 5.92 Å². The van der Waals surface area contributed by atoms with E-state index >= 15 is 0 Å². The minimum Gasteiger partial charge on any atom is -0.493 e. The maximum absolute atomic E-state index is 12.8. The number of hydrogen-bond acceptors (Lipinski definition) is 4. The molecule has 122 valence electrons. The van der Waals surface area contributed by atoms with E-state index in [9.17, 15) is 8.78 Å². The topological polar surface area (TPSA) is 48.2 Å². The number of alkyl halides is 2. The third kappa shape index (κ3) is 3.21. The molecule has 1 aromatic carbocycles. The number of fused-ring (bicyclic) bond motifs is 1. The molecule has 23 heavy (non-hydrogen) atoms. The number of ether oxygens (including phenoxy) is 1. The molecule has 0 bridgehead atoms. The summed E-state index contributed by atoms with van der Waals surface area (Å²) in [6.07, 6.45) is 2.95. The molecule has 2 aliphatic rings. The molecule has 1 fully saturated rings. The molecule has 2 aromatic rings. The number of halogens is 2. The van der Waals surface area contributed by atoms with Gasteiger partial charge >= 0.3 is 0 Å². The largest absolute Gasteiger partial charge is 0.493 e. The fourth-order valence-corrected chi connectivity index (χ4v) is 3.33. The molecule has 0 saturated heterocycles. The first kappa shape index (κ1) is 14.6. The number of aromatic nitrogens is 2. The maximum Gasteiger partial charge on any atom is 0.248 e. The van der Waals surface area contributed by atoms with Crippen LogP contribution in [0.1, 0.15) is 42.1 Å². The zero-order valence-corrected chi connectivity index (χ0v) is 12.7. The average molecular weight is 320 g/mol. The van der Waals surface area contributed by atoms with Crippen molar-refractivity contribution in [2.24, 2.45) is 5.92 Å². The van der Waals surface area contributed by atoms with Crippen molar-refractivity contribution < 1.29 is 18.0 Å². The summed E-state index contributed by atoms with van der Waals surface area (Å²) in [5, 5.41) is 3.91. The molecule has 2 heterocycles. The Morgan fingerprint density at radius 1 is 1.26 bits per heavy atom. The fourth-order valence-electron chi connectivity index (χ4n) is 3.33. The molecule has 0 atom stereocenters. The predicted octanol–water partition coefficient (Wildman–Crippen LogP) is 3.57. The van der Waals surface area contributed by atoms with Gasteiger partial charge in [-0.15, -0.1) is 0 Å². The smallest absolute Gasteiger partial charge is 0.248 e. The van der Waals surface area contributed by atoms with Crippen molar-refractivity contribution in [2.45, 2.75) is 44.4 Å². The molecule has 0 spiro atoms. The average Bonchev–Trinajstić information content (AvgIpc) is 2.92. The Bertz CT molecular complexity index is 706. The molecule has 6 heteroatoms. The third-order valence-corrected chi connectivity index (χ3v) is 4.48. The summed E-state index contributed by atoms with van der Waals surface area (Å²) >= 11 is 0. The molecule has 1 saturated carbocycles. The zero-order chi connectivity index (χ0) is 15.9. The van der Waals surface area contributed by atoms with E-state index < -0.39 is 5.92 Å². The monoisotopic (exact) mass is 320 g/mol. The Morgan fingerprint density at radius 3 is 2.96 bits per heavy atom. The summed E-state index contributed by atoms with van der Waals surface area (Å²) in [6.45, 7) is 0.777. The van der Waals surface area contributed by atoms with Crippen LogP contribution in [0.15, 0.2) is 22.7 Å². The molecule has 0 radical (unpaired) electrons. The molecule has 1 aliphatic carbocycles. The molecule has 1 aliphatic heterocycles. The number of hydrogen-bond donors (Lipinski definition) is 0. The van der Waals surface area contributed by atoms with Crippen molar-refractivity contribution in [3.63, 3.8) is 0 Å². The standard InChI is InChI=1S/C17H18F2N2O2/c18-17(19)9-12(10-17)7-15-20-16(23-21-15)8-11-3-4-14-13(6-11)2-1-5-22-14/h3-4,6,12H,1-2,5,7-10H2. The van der Waals surface area contributed by atoms with E-state index in [1.165, 1.54) is 5.56 Å². The number of aryl methyl sites for hydroxylation is 1. The lowest BCUT2D eigenvalue weighted by molar-refractivity contribution is -0.110. The normalized spacial score (nSPS) is 19.7. The van der Waals surface area contributed by atoms with Gasteiger partial charge in [0.1, 0.15) is 5.75 Å². The van der Waals surface area contributed by atoms with E-state index in [2.05, 4.69) is 16.2 Å². The van der Waals surface area contributed by atoms with Crippen LogP contribution >= 0.6 is 0 Å². The number of benzene rings is 1. The Morgan fingerprint density at radius 2 is 2.13 bits per heavy atom. The molecule has 0 unspecified atom stereocenters. The predicted molar refractivity (Wildman–Crippen MR) is 78.7 cm³/mol. The van der Waals surface area contributed by atoms with Gasteiger partial charge in [-0.3, -0.25) is 0 Å². The summed E-state index contributed by atoms with van der Waals surface area (Å²) in [7, 11) is 0. The van der Waals surface area contributed by atoms with Crippen LogP contribution in [0.5, 0.6) is 5.75 Å². The molecule has 0 amide bonds. The van der Waals surface area contributed by atoms with Crippen LogP contribution in [0.2, 0.25) is 0 Å². The highest BCUT2D eigenvalue weighted by Gasteiger charge is 2.45. The van der Waals surface area contributed by atoms with Crippen LogP contribution in [0.3, 0.4) is 0 Å². The van der Waals surface area contributed by atoms with E-state index in [0.717, 1.165) is 30.8 Å². The van der Waals surface area contributed by atoms with Gasteiger partial charge in [0, 0.05) is 19.3 Å². The van der Waals surface area contributed by atoms with Gasteiger partial charge in [0.15, 0.2) is 5.82 Å². The number of nitrogens with zero attached hydrogens (tertiary/aromatic N) is 2. The SMILES string of the molecule is FC1(F)CC(Cc2noc(Cc3ccc4c(c3)CCCO4)n2)C1. The maximum atomic E-state index is 12.8. The van der Waals surface area contributed by atoms with Gasteiger partial charge < -0.3 is 9.26 Å². The van der Waals surface area contributed by atoms with Crippen LogP contribution < -0.4 is 4.74 Å². The highest BCUT2D eigenvalue weighted by Crippen LogP contribution is 2.43. The van der Waals surface area contributed by atoms with Crippen LogP contribution in [0.25, 0.3) is 0 Å². The van der Waals surface area contributed by atoms with E-state index in [1.807, 2.05) is 12.1 Å². The lowest BCUT2D eigenvalue weighted by Crippen LogP contribution is -2.36. The van der Waals surface area contributed by atoms with Gasteiger partial charge in [0.25, 0.3) is 0 Å². The second-order valence-electron chi connectivity index (χ2n) is 6.51. The molecule has 4 nitrogen and oxygen atoms in total. The van der Waals surface area contributed by atoms with Gasteiger partial charge in [-0.25, -0.2) is 8.78 Å². The summed E-state index contributed by atoms with van der Waals surface area (Å²) in [6, 6.07) is 6.10. The third-order valence-electron chi connectivity index (χ3n) is 4.48. The van der Waals surface area contributed by atoms with E-state index in [1.54, 1.807) is 0 Å². The van der Waals surface area contributed by atoms with Crippen molar-refractivity contribution >= 4 is 0 Å². The first-order chi connectivity index (χ1) is 11.1. The van der Waals surface area contributed by atoms with Gasteiger partial charge in [-0.2, -0.15) is 4.98 Å². The summed E-state index contributed by atoms with van der Waals surface area (Å²) in [5.41, 5.74) is 2.31. The van der Waals surface area contributed by atoms with E-state index in [-0.39, 0.29) is 18.8 Å². The zero-order valence-electron chi connectivity index (χ0n) is 12.7. The lowest BCUT2D eigenvalue weighted by atomic mass is 9.79. The van der Waals surface area contributed by atoms with Gasteiger partial charge in [0.2, 0.25) is 11.8 Å². The Kier molecular flexibility index (Phi) is 3.54. The number of rotatable bonds is 4. The first-order valence-corrected chi connectivity index (χ1v) is 8.01. The van der Waals surface area contributed by atoms with Gasteiger partial charge in [-0.05, 0) is 36.0 Å². The second-order valence-corrected chi connectivity index (χ2v) is 6.51. The van der Waals surface area contributed by atoms with Crippen molar-refractivity contribution in [3.05, 3.63) is 41.0 Å². The van der Waals surface area contributed by atoms with Crippen LogP contribution in [-0.4, -0.2) is 22.7 Å². The van der Waals surface area contributed by atoms with Crippen LogP contribution in [0.4, 0.5) is 8.78 Å². The Labute approximate surface area is 132 Å². The fraction of sp³-hybridized carbons (Fsp3) is 0.529. The van der Waals surface area contributed by atoms with Crippen molar-refractivity contribution in [3.8, 4) is 5.75 Å². The molecular formula is C17H18F2N2O2. The van der Waals surface area contributed by atoms with Crippen molar-refractivity contribution in [1.29, 1.82) is 0 Å². The first-order valence-electron chi connectivity index (χ1n) is 8.01. The van der Waals surface area contributed by atoms with Crippen molar-refractivity contribution in [1.82, 2.24) is 10.1 Å². The van der Waals surface area contributed by atoms with Gasteiger partial charge in [-0.1, -0.05) is 17.3 Å². The van der Waals surface area contributed by atoms with E-state index in [4.69, 9.17) is 9.26 Å². The van der Waals surface area contributed by atoms with E-state index in [0.29, 0.717) is 24.6 Å². The van der Waals surface area contributed by atoms with Crippen LogP contribution in [-0.2, 0) is 19.3 Å². The molecule has 1 aromatic heterocycles. The minimum atomic E-state index is -2.50. The Hall–Kier alpha value is -1.98.